The summed E-state index contributed by atoms with van der Waals surface area (Å²) in [5.74, 6) is 1.14. The third-order valence-corrected chi connectivity index (χ3v) is 4.23. The van der Waals surface area contributed by atoms with Gasteiger partial charge in [-0.1, -0.05) is 18.2 Å². The van der Waals surface area contributed by atoms with Gasteiger partial charge in [0.15, 0.2) is 5.96 Å². The van der Waals surface area contributed by atoms with E-state index in [0.29, 0.717) is 11.9 Å². The van der Waals surface area contributed by atoms with Crippen LogP contribution in [0.15, 0.2) is 35.3 Å². The first kappa shape index (κ1) is 21.2. The molecule has 150 valence electrons. The number of carbonyl (C=O) groups excluding carboxylic acids is 1. The van der Waals surface area contributed by atoms with Crippen LogP contribution in [-0.2, 0) is 14.3 Å². The van der Waals surface area contributed by atoms with Gasteiger partial charge in [-0.2, -0.15) is 0 Å². The minimum absolute atomic E-state index is 0.0739. The van der Waals surface area contributed by atoms with Crippen LogP contribution in [0.1, 0.15) is 26.2 Å². The van der Waals surface area contributed by atoms with Crippen molar-refractivity contribution in [3.8, 4) is 0 Å². The highest BCUT2D eigenvalue weighted by atomic mass is 16.5. The molecule has 1 heterocycles. The van der Waals surface area contributed by atoms with Gasteiger partial charge in [0.2, 0.25) is 5.91 Å². The highest BCUT2D eigenvalue weighted by molar-refractivity contribution is 5.94. The Hall–Kier alpha value is -2.12. The minimum atomic E-state index is -0.141. The van der Waals surface area contributed by atoms with Gasteiger partial charge in [0.1, 0.15) is 6.54 Å². The van der Waals surface area contributed by atoms with Gasteiger partial charge in [0.05, 0.1) is 0 Å². The highest BCUT2D eigenvalue weighted by Crippen LogP contribution is 2.14. The summed E-state index contributed by atoms with van der Waals surface area (Å²) in [4.78, 5) is 16.3. The van der Waals surface area contributed by atoms with E-state index >= 15 is 0 Å². The fourth-order valence-electron chi connectivity index (χ4n) is 2.76. The summed E-state index contributed by atoms with van der Waals surface area (Å²) in [6, 6.07) is 9.38. The monoisotopic (exact) mass is 376 g/mol. The molecule has 1 aromatic rings. The molecule has 0 radical (unpaired) electrons. The summed E-state index contributed by atoms with van der Waals surface area (Å²) in [7, 11) is 0. The lowest BCUT2D eigenvalue weighted by atomic mass is 10.0. The summed E-state index contributed by atoms with van der Waals surface area (Å²) < 4.78 is 11.1. The van der Waals surface area contributed by atoms with E-state index in [1.165, 1.54) is 0 Å². The Balaban J connectivity index is 1.60. The molecule has 1 saturated heterocycles. The number of nitrogens with zero attached hydrogens (tertiary/aromatic N) is 1. The Morgan fingerprint density at radius 2 is 2.00 bits per heavy atom. The van der Waals surface area contributed by atoms with E-state index in [0.717, 1.165) is 64.5 Å². The SMILES string of the molecule is CCNC(=NCC(=O)Nc1ccccc1)NCCCOCC1CCOCC1. The van der Waals surface area contributed by atoms with Crippen molar-refractivity contribution in [2.24, 2.45) is 10.9 Å². The van der Waals surface area contributed by atoms with Gasteiger partial charge in [-0.3, -0.25) is 4.79 Å². The largest absolute Gasteiger partial charge is 0.381 e. The topological polar surface area (TPSA) is 84.0 Å². The fraction of sp³-hybridized carbons (Fsp3) is 0.600. The van der Waals surface area contributed by atoms with Crippen LogP contribution < -0.4 is 16.0 Å². The molecule has 7 nitrogen and oxygen atoms in total. The molecule has 0 atom stereocenters. The van der Waals surface area contributed by atoms with Crippen molar-refractivity contribution in [1.82, 2.24) is 10.6 Å². The molecule has 0 saturated carbocycles. The van der Waals surface area contributed by atoms with Crippen LogP contribution in [0, 0.1) is 5.92 Å². The molecular weight excluding hydrogens is 344 g/mol. The summed E-state index contributed by atoms with van der Waals surface area (Å²) in [5, 5.41) is 9.21. The highest BCUT2D eigenvalue weighted by Gasteiger charge is 2.13. The Morgan fingerprint density at radius 3 is 2.74 bits per heavy atom. The zero-order valence-electron chi connectivity index (χ0n) is 16.2. The third-order valence-electron chi connectivity index (χ3n) is 4.23. The van der Waals surface area contributed by atoms with Crippen molar-refractivity contribution in [3.63, 3.8) is 0 Å². The predicted octanol–water partition coefficient (Wildman–Crippen LogP) is 2.01. The quantitative estimate of drug-likeness (QED) is 0.331. The van der Waals surface area contributed by atoms with Gasteiger partial charge in [0.25, 0.3) is 0 Å². The van der Waals surface area contributed by atoms with Crippen molar-refractivity contribution >= 4 is 17.6 Å². The van der Waals surface area contributed by atoms with E-state index in [-0.39, 0.29) is 12.5 Å². The number of hydrogen-bond acceptors (Lipinski definition) is 4. The third kappa shape index (κ3) is 9.40. The van der Waals surface area contributed by atoms with E-state index < -0.39 is 0 Å². The van der Waals surface area contributed by atoms with Crippen LogP contribution in [0.3, 0.4) is 0 Å². The van der Waals surface area contributed by atoms with E-state index in [1.54, 1.807) is 0 Å². The lowest BCUT2D eigenvalue weighted by Crippen LogP contribution is -2.38. The molecule has 2 rings (SSSR count). The van der Waals surface area contributed by atoms with Crippen LogP contribution >= 0.6 is 0 Å². The summed E-state index contributed by atoms with van der Waals surface area (Å²) in [6.45, 7) is 6.82. The Morgan fingerprint density at radius 1 is 1.22 bits per heavy atom. The smallest absolute Gasteiger partial charge is 0.246 e. The molecule has 0 spiro atoms. The number of ether oxygens (including phenoxy) is 2. The number of anilines is 1. The number of para-hydroxylation sites is 1. The maximum Gasteiger partial charge on any atom is 0.246 e. The molecule has 1 fully saturated rings. The van der Waals surface area contributed by atoms with Gasteiger partial charge in [-0.05, 0) is 44.2 Å². The molecular formula is C20H32N4O3. The van der Waals surface area contributed by atoms with Crippen LogP contribution in [-0.4, -0.2) is 57.9 Å². The average Bonchev–Trinajstić information content (AvgIpc) is 2.70. The second-order valence-electron chi connectivity index (χ2n) is 6.52. The van der Waals surface area contributed by atoms with E-state index in [2.05, 4.69) is 20.9 Å². The number of rotatable bonds is 10. The second-order valence-corrected chi connectivity index (χ2v) is 6.52. The average molecular weight is 377 g/mol. The van der Waals surface area contributed by atoms with Gasteiger partial charge >= 0.3 is 0 Å². The number of aliphatic imine (C=N–C) groups is 1. The zero-order chi connectivity index (χ0) is 19.2. The van der Waals surface area contributed by atoms with Crippen LogP contribution in [0.2, 0.25) is 0 Å². The van der Waals surface area contributed by atoms with Gasteiger partial charge in [-0.25, -0.2) is 4.99 Å². The number of benzene rings is 1. The molecule has 0 aliphatic carbocycles. The van der Waals surface area contributed by atoms with E-state index in [9.17, 15) is 4.79 Å². The maximum atomic E-state index is 12.0. The van der Waals surface area contributed by atoms with Gasteiger partial charge in [0, 0.05) is 45.2 Å². The lowest BCUT2D eigenvalue weighted by molar-refractivity contribution is -0.114. The normalized spacial score (nSPS) is 15.4. The number of nitrogens with one attached hydrogen (secondary N) is 3. The van der Waals surface area contributed by atoms with Gasteiger partial charge in [-0.15, -0.1) is 0 Å². The molecule has 7 heteroatoms. The first-order valence-corrected chi connectivity index (χ1v) is 9.80. The van der Waals surface area contributed by atoms with Crippen LogP contribution in [0.25, 0.3) is 0 Å². The molecule has 0 bridgehead atoms. The van der Waals surface area contributed by atoms with Crippen molar-refractivity contribution in [3.05, 3.63) is 30.3 Å². The Bertz CT molecular complexity index is 560. The van der Waals surface area contributed by atoms with Crippen LogP contribution in [0.5, 0.6) is 0 Å². The molecule has 0 aromatic heterocycles. The first-order chi connectivity index (χ1) is 13.3. The number of carbonyl (C=O) groups is 1. The van der Waals surface area contributed by atoms with Crippen molar-refractivity contribution in [2.75, 3.05) is 51.4 Å². The minimum Gasteiger partial charge on any atom is -0.381 e. The molecule has 1 aromatic carbocycles. The summed E-state index contributed by atoms with van der Waals surface area (Å²) in [5.41, 5.74) is 0.775. The molecule has 3 N–H and O–H groups in total. The second kappa shape index (κ2) is 13.1. The molecule has 27 heavy (non-hydrogen) atoms. The summed E-state index contributed by atoms with van der Waals surface area (Å²) in [6.07, 6.45) is 3.09. The number of hydrogen-bond donors (Lipinski definition) is 3. The number of guanidine groups is 1. The van der Waals surface area contributed by atoms with E-state index in [1.807, 2.05) is 37.3 Å². The molecule has 1 aliphatic heterocycles. The lowest BCUT2D eigenvalue weighted by Gasteiger charge is -2.21. The number of amides is 1. The van der Waals surface area contributed by atoms with Crippen molar-refractivity contribution in [2.45, 2.75) is 26.2 Å². The summed E-state index contributed by atoms with van der Waals surface area (Å²) >= 11 is 0. The van der Waals surface area contributed by atoms with E-state index in [4.69, 9.17) is 9.47 Å². The van der Waals surface area contributed by atoms with Gasteiger partial charge < -0.3 is 25.4 Å². The Kier molecular flexibility index (Phi) is 10.3. The Labute approximate surface area is 161 Å². The maximum absolute atomic E-state index is 12.0. The zero-order valence-corrected chi connectivity index (χ0v) is 16.2. The molecule has 1 aliphatic rings. The standard InChI is InChI=1S/C20H32N4O3/c1-2-21-20(23-15-19(25)24-18-7-4-3-5-8-18)22-11-6-12-27-16-17-9-13-26-14-10-17/h3-5,7-8,17H,2,6,9-16H2,1H3,(H,24,25)(H2,21,22,23). The molecule has 0 unspecified atom stereocenters. The van der Waals surface area contributed by atoms with Crippen LogP contribution in [0.4, 0.5) is 5.69 Å². The fourth-order valence-corrected chi connectivity index (χ4v) is 2.76. The van der Waals surface area contributed by atoms with Crippen molar-refractivity contribution < 1.29 is 14.3 Å². The van der Waals surface area contributed by atoms with Crippen molar-refractivity contribution in [1.29, 1.82) is 0 Å². The molecule has 1 amide bonds. The first-order valence-electron chi connectivity index (χ1n) is 9.80. The predicted molar refractivity (Wildman–Crippen MR) is 108 cm³/mol.